The summed E-state index contributed by atoms with van der Waals surface area (Å²) in [5.74, 6) is -0.246. The molecular formula is C13H13BrN2O2. The van der Waals surface area contributed by atoms with E-state index in [-0.39, 0.29) is 18.4 Å². The average molecular weight is 309 g/mol. The largest absolute Gasteiger partial charge is 0.353 e. The van der Waals surface area contributed by atoms with Crippen LogP contribution in [-0.2, 0) is 9.59 Å². The van der Waals surface area contributed by atoms with Gasteiger partial charge in [0.15, 0.2) is 0 Å². The second kappa shape index (κ2) is 5.82. The van der Waals surface area contributed by atoms with E-state index in [1.165, 1.54) is 11.0 Å². The molecule has 1 aromatic carbocycles. The molecule has 2 rings (SSSR count). The van der Waals surface area contributed by atoms with Gasteiger partial charge in [-0.1, -0.05) is 34.1 Å². The van der Waals surface area contributed by atoms with Gasteiger partial charge in [-0.15, -0.1) is 0 Å². The zero-order valence-electron chi connectivity index (χ0n) is 9.73. The summed E-state index contributed by atoms with van der Waals surface area (Å²) in [6, 6.07) is 7.65. The monoisotopic (exact) mass is 308 g/mol. The van der Waals surface area contributed by atoms with Gasteiger partial charge in [-0.05, 0) is 17.7 Å². The SMILES string of the molecule is O=C1CN(C(=O)C=Cc2ccccc2Br)CCN1. The maximum atomic E-state index is 11.9. The van der Waals surface area contributed by atoms with E-state index in [0.717, 1.165) is 10.0 Å². The first-order valence-electron chi connectivity index (χ1n) is 5.65. The molecule has 0 radical (unpaired) electrons. The summed E-state index contributed by atoms with van der Waals surface area (Å²) in [6.45, 7) is 1.22. The van der Waals surface area contributed by atoms with E-state index in [1.54, 1.807) is 6.08 Å². The first-order valence-corrected chi connectivity index (χ1v) is 6.44. The van der Waals surface area contributed by atoms with Crippen LogP contribution in [0.2, 0.25) is 0 Å². The zero-order valence-corrected chi connectivity index (χ0v) is 11.3. The Balaban J connectivity index is 2.03. The normalized spacial score (nSPS) is 15.8. The van der Waals surface area contributed by atoms with Crippen molar-refractivity contribution in [3.63, 3.8) is 0 Å². The molecule has 1 fully saturated rings. The Hall–Kier alpha value is -1.62. The van der Waals surface area contributed by atoms with Crippen molar-refractivity contribution in [1.29, 1.82) is 0 Å². The lowest BCUT2D eigenvalue weighted by Crippen LogP contribution is -2.49. The molecule has 1 saturated heterocycles. The van der Waals surface area contributed by atoms with Crippen molar-refractivity contribution in [3.8, 4) is 0 Å². The van der Waals surface area contributed by atoms with E-state index in [0.29, 0.717) is 13.1 Å². The second-order valence-electron chi connectivity index (χ2n) is 3.96. The third-order valence-electron chi connectivity index (χ3n) is 2.66. The van der Waals surface area contributed by atoms with E-state index < -0.39 is 0 Å². The number of carbonyl (C=O) groups excluding carboxylic acids is 2. The highest BCUT2D eigenvalue weighted by atomic mass is 79.9. The van der Waals surface area contributed by atoms with Crippen LogP contribution in [0.25, 0.3) is 6.08 Å². The minimum absolute atomic E-state index is 0.108. The molecule has 4 nitrogen and oxygen atoms in total. The zero-order chi connectivity index (χ0) is 13.0. The molecule has 0 unspecified atom stereocenters. The number of hydrogen-bond acceptors (Lipinski definition) is 2. The maximum absolute atomic E-state index is 11.9. The molecule has 1 aliphatic rings. The van der Waals surface area contributed by atoms with E-state index in [2.05, 4.69) is 21.2 Å². The summed E-state index contributed by atoms with van der Waals surface area (Å²) >= 11 is 3.41. The second-order valence-corrected chi connectivity index (χ2v) is 4.82. The lowest BCUT2D eigenvalue weighted by molar-refractivity contribution is -0.134. The summed E-state index contributed by atoms with van der Waals surface area (Å²) < 4.78 is 0.936. The van der Waals surface area contributed by atoms with E-state index in [1.807, 2.05) is 24.3 Å². The van der Waals surface area contributed by atoms with Gasteiger partial charge < -0.3 is 10.2 Å². The van der Waals surface area contributed by atoms with Crippen molar-refractivity contribution in [3.05, 3.63) is 40.4 Å². The molecule has 1 N–H and O–H groups in total. The number of nitrogens with zero attached hydrogens (tertiary/aromatic N) is 1. The highest BCUT2D eigenvalue weighted by Gasteiger charge is 2.18. The predicted molar refractivity (Wildman–Crippen MR) is 72.8 cm³/mol. The Morgan fingerprint density at radius 2 is 2.17 bits per heavy atom. The van der Waals surface area contributed by atoms with Crippen molar-refractivity contribution in [2.45, 2.75) is 0 Å². The molecular weight excluding hydrogens is 296 g/mol. The number of amides is 2. The minimum Gasteiger partial charge on any atom is -0.353 e. The van der Waals surface area contributed by atoms with Gasteiger partial charge >= 0.3 is 0 Å². The topological polar surface area (TPSA) is 49.4 Å². The maximum Gasteiger partial charge on any atom is 0.247 e. The molecule has 94 valence electrons. The third kappa shape index (κ3) is 3.20. The standard InChI is InChI=1S/C13H13BrN2O2/c14-11-4-2-1-3-10(11)5-6-13(18)16-8-7-15-12(17)9-16/h1-6H,7-9H2,(H,15,17). The lowest BCUT2D eigenvalue weighted by Gasteiger charge is -2.25. The van der Waals surface area contributed by atoms with Gasteiger partial charge in [0.25, 0.3) is 0 Å². The van der Waals surface area contributed by atoms with Crippen LogP contribution in [0.1, 0.15) is 5.56 Å². The van der Waals surface area contributed by atoms with Gasteiger partial charge in [0.1, 0.15) is 0 Å². The molecule has 5 heteroatoms. The van der Waals surface area contributed by atoms with Crippen LogP contribution in [0, 0.1) is 0 Å². The molecule has 1 aliphatic heterocycles. The number of rotatable bonds is 2. The van der Waals surface area contributed by atoms with E-state index in [9.17, 15) is 9.59 Å². The Morgan fingerprint density at radius 3 is 2.89 bits per heavy atom. The molecule has 18 heavy (non-hydrogen) atoms. The molecule has 0 saturated carbocycles. The van der Waals surface area contributed by atoms with E-state index >= 15 is 0 Å². The number of nitrogens with one attached hydrogen (secondary N) is 1. The number of benzene rings is 1. The third-order valence-corrected chi connectivity index (χ3v) is 3.38. The predicted octanol–water partition coefficient (Wildman–Crippen LogP) is 1.42. The van der Waals surface area contributed by atoms with Crippen LogP contribution in [0.15, 0.2) is 34.8 Å². The van der Waals surface area contributed by atoms with Gasteiger partial charge in [-0.3, -0.25) is 9.59 Å². The van der Waals surface area contributed by atoms with Gasteiger partial charge in [-0.2, -0.15) is 0 Å². The summed E-state index contributed by atoms with van der Waals surface area (Å²) in [4.78, 5) is 24.6. The van der Waals surface area contributed by atoms with Crippen LogP contribution in [-0.4, -0.2) is 36.3 Å². The van der Waals surface area contributed by atoms with Gasteiger partial charge in [0.2, 0.25) is 11.8 Å². The van der Waals surface area contributed by atoms with E-state index in [4.69, 9.17) is 0 Å². The summed E-state index contributed by atoms with van der Waals surface area (Å²) in [6.07, 6.45) is 3.25. The number of piperazine rings is 1. The Bertz CT molecular complexity index is 500. The van der Waals surface area contributed by atoms with Crippen molar-refractivity contribution in [1.82, 2.24) is 10.2 Å². The number of carbonyl (C=O) groups is 2. The van der Waals surface area contributed by atoms with Crippen LogP contribution < -0.4 is 5.32 Å². The fourth-order valence-electron chi connectivity index (χ4n) is 1.70. The fraction of sp³-hybridized carbons (Fsp3) is 0.231. The molecule has 0 spiro atoms. The molecule has 0 aromatic heterocycles. The summed E-state index contributed by atoms with van der Waals surface area (Å²) in [5.41, 5.74) is 0.937. The number of halogens is 1. The molecule has 0 aliphatic carbocycles. The van der Waals surface area contributed by atoms with Crippen LogP contribution in [0.3, 0.4) is 0 Å². The van der Waals surface area contributed by atoms with Gasteiger partial charge in [-0.25, -0.2) is 0 Å². The van der Waals surface area contributed by atoms with Crippen molar-refractivity contribution < 1.29 is 9.59 Å². The lowest BCUT2D eigenvalue weighted by atomic mass is 10.2. The first kappa shape index (κ1) is 12.8. The van der Waals surface area contributed by atoms with Gasteiger partial charge in [0, 0.05) is 23.6 Å². The number of hydrogen-bond donors (Lipinski definition) is 1. The highest BCUT2D eigenvalue weighted by Crippen LogP contribution is 2.17. The molecule has 0 bridgehead atoms. The van der Waals surface area contributed by atoms with Crippen LogP contribution >= 0.6 is 15.9 Å². The first-order chi connectivity index (χ1) is 8.66. The molecule has 2 amide bonds. The van der Waals surface area contributed by atoms with Crippen molar-refractivity contribution in [2.75, 3.05) is 19.6 Å². The average Bonchev–Trinajstić information content (AvgIpc) is 2.37. The van der Waals surface area contributed by atoms with Crippen LogP contribution in [0.5, 0.6) is 0 Å². The Kier molecular flexibility index (Phi) is 4.15. The van der Waals surface area contributed by atoms with Crippen molar-refractivity contribution >= 4 is 33.8 Å². The summed E-state index contributed by atoms with van der Waals surface area (Å²) in [7, 11) is 0. The molecule has 1 aromatic rings. The van der Waals surface area contributed by atoms with Crippen LogP contribution in [0.4, 0.5) is 0 Å². The quantitative estimate of drug-likeness (QED) is 0.840. The van der Waals surface area contributed by atoms with Crippen molar-refractivity contribution in [2.24, 2.45) is 0 Å². The molecule has 1 heterocycles. The Labute approximate surface area is 114 Å². The molecule has 0 atom stereocenters. The summed E-state index contributed by atoms with van der Waals surface area (Å²) in [5, 5.41) is 2.69. The van der Waals surface area contributed by atoms with Gasteiger partial charge in [0.05, 0.1) is 6.54 Å². The fourth-order valence-corrected chi connectivity index (χ4v) is 2.12. The highest BCUT2D eigenvalue weighted by molar-refractivity contribution is 9.10. The smallest absolute Gasteiger partial charge is 0.247 e. The minimum atomic E-state index is -0.138. The Morgan fingerprint density at radius 1 is 1.39 bits per heavy atom.